The number of aromatic nitrogens is 4. The molecule has 0 aliphatic heterocycles. The average molecular weight is 811 g/mol. The zero-order valence-electron chi connectivity index (χ0n) is 37.4. The molecule has 0 N–H and O–H groups in total. The van der Waals surface area contributed by atoms with Gasteiger partial charge in [-0.2, -0.15) is 0 Å². The van der Waals surface area contributed by atoms with Gasteiger partial charge < -0.3 is 13.4 Å². The molecule has 9 aromatic carbocycles. The fourth-order valence-corrected chi connectivity index (χ4v) is 9.05. The molecule has 0 amide bonds. The molecule has 0 fully saturated rings. The summed E-state index contributed by atoms with van der Waals surface area (Å²) in [6.45, 7) is 0. The van der Waals surface area contributed by atoms with E-state index in [2.05, 4.69) is 71.3 Å². The van der Waals surface area contributed by atoms with Gasteiger partial charge in [0.15, 0.2) is 17.5 Å². The van der Waals surface area contributed by atoms with Crippen LogP contribution in [0, 0.1) is 0 Å². The molecule has 0 spiro atoms. The molecule has 4 aromatic heterocycles. The first-order valence-electron chi connectivity index (χ1n) is 22.8. The lowest BCUT2D eigenvalue weighted by atomic mass is 10.0. The number of benzene rings is 9. The van der Waals surface area contributed by atoms with Crippen molar-refractivity contribution in [3.05, 3.63) is 206 Å². The first kappa shape index (κ1) is 31.3. The molecule has 0 saturated heterocycles. The third kappa shape index (κ3) is 5.62. The van der Waals surface area contributed by atoms with Gasteiger partial charge in [0.1, 0.15) is 22.3 Å². The van der Waals surface area contributed by atoms with Gasteiger partial charge in [0.05, 0.1) is 22.1 Å². The van der Waals surface area contributed by atoms with Gasteiger partial charge in [-0.1, -0.05) is 176 Å². The maximum Gasteiger partial charge on any atom is 0.167 e. The minimum absolute atomic E-state index is 0.00847. The predicted octanol–water partition coefficient (Wildman–Crippen LogP) is 15.1. The van der Waals surface area contributed by atoms with E-state index in [1.54, 1.807) is 6.07 Å². The quantitative estimate of drug-likeness (QED) is 0.167. The molecular weight excluding hydrogens is 773 g/mol. The third-order valence-corrected chi connectivity index (χ3v) is 11.9. The van der Waals surface area contributed by atoms with Gasteiger partial charge in [-0.25, -0.2) is 15.0 Å². The Labute approximate surface area is 366 Å². The minimum Gasteiger partial charge on any atom is -0.455 e. The van der Waals surface area contributed by atoms with Crippen LogP contribution in [0.15, 0.2) is 215 Å². The topological polar surface area (TPSA) is 69.9 Å². The van der Waals surface area contributed by atoms with Crippen molar-refractivity contribution >= 4 is 65.7 Å². The SMILES string of the molecule is [2H]c1c([2H])c(-c2cccc3c2oc2ccccc23)c([2H])c([2H])c1-c1nc(-c2ccccc2)nc(-c2cc(-n3c4ccccc4c4ccccc43)cc3c2oc2c(-c4ccccc4)cccc23)n1. The summed E-state index contributed by atoms with van der Waals surface area (Å²) >= 11 is 0. The summed E-state index contributed by atoms with van der Waals surface area (Å²) in [6, 6.07) is 58.9. The van der Waals surface area contributed by atoms with Crippen molar-refractivity contribution in [2.75, 3.05) is 0 Å². The van der Waals surface area contributed by atoms with Gasteiger partial charge in [-0.15, -0.1) is 0 Å². The van der Waals surface area contributed by atoms with Gasteiger partial charge in [0.25, 0.3) is 0 Å². The molecule has 0 aliphatic carbocycles. The third-order valence-electron chi connectivity index (χ3n) is 11.9. The Morgan fingerprint density at radius 2 is 0.841 bits per heavy atom. The smallest absolute Gasteiger partial charge is 0.167 e. The largest absolute Gasteiger partial charge is 0.455 e. The average Bonchev–Trinajstić information content (AvgIpc) is 4.06. The van der Waals surface area contributed by atoms with Gasteiger partial charge >= 0.3 is 0 Å². The van der Waals surface area contributed by atoms with Crippen molar-refractivity contribution in [3.63, 3.8) is 0 Å². The number of hydrogen-bond acceptors (Lipinski definition) is 5. The molecule has 0 aliphatic rings. The molecule has 0 radical (unpaired) electrons. The first-order chi connectivity index (χ1) is 32.9. The van der Waals surface area contributed by atoms with Crippen LogP contribution in [0.5, 0.6) is 0 Å². The molecule has 13 rings (SSSR count). The monoisotopic (exact) mass is 810 g/mol. The normalized spacial score (nSPS) is 12.7. The summed E-state index contributed by atoms with van der Waals surface area (Å²) in [7, 11) is 0. The van der Waals surface area contributed by atoms with Crippen LogP contribution in [-0.2, 0) is 0 Å². The Bertz CT molecular complexity index is 4080. The van der Waals surface area contributed by atoms with E-state index < -0.39 is 0 Å². The van der Waals surface area contributed by atoms with Crippen molar-refractivity contribution in [1.82, 2.24) is 19.5 Å². The van der Waals surface area contributed by atoms with Crippen molar-refractivity contribution in [1.29, 1.82) is 0 Å². The molecule has 6 nitrogen and oxygen atoms in total. The van der Waals surface area contributed by atoms with Crippen LogP contribution in [0.25, 0.3) is 128 Å². The predicted molar refractivity (Wildman–Crippen MR) is 256 cm³/mol. The number of para-hydroxylation sites is 5. The molecule has 0 atom stereocenters. The number of nitrogens with zero attached hydrogens (tertiary/aromatic N) is 4. The van der Waals surface area contributed by atoms with Crippen molar-refractivity contribution in [2.24, 2.45) is 0 Å². The summed E-state index contributed by atoms with van der Waals surface area (Å²) in [6.07, 6.45) is 0. The number of hydrogen-bond donors (Lipinski definition) is 0. The fourth-order valence-electron chi connectivity index (χ4n) is 9.05. The van der Waals surface area contributed by atoms with E-state index >= 15 is 0 Å². The maximum atomic E-state index is 9.57. The Morgan fingerprint density at radius 1 is 0.349 bits per heavy atom. The Morgan fingerprint density at radius 3 is 1.54 bits per heavy atom. The zero-order valence-corrected chi connectivity index (χ0v) is 33.4. The standard InChI is InChI=1S/C57H34N4O2/c1-3-15-35(16-4-1)40-22-14-25-46-47-33-39(61-49-26-10-7-19-42(49)43-20-8-11-27-50(43)61)34-48(54(47)63-53(40)46)57-59-55(37-17-5-2-6-18-37)58-56(60-57)38-31-29-36(30-32-38)41-23-13-24-45-44-21-9-12-28-51(44)62-52(41)45/h1-34H/i29D,30D,31D,32D. The van der Waals surface area contributed by atoms with Crippen molar-refractivity contribution < 1.29 is 14.3 Å². The molecular formula is C57H34N4O2. The van der Waals surface area contributed by atoms with Gasteiger partial charge in [-0.3, -0.25) is 0 Å². The second kappa shape index (κ2) is 14.0. The summed E-state index contributed by atoms with van der Waals surface area (Å²) in [5, 5.41) is 5.70. The van der Waals surface area contributed by atoms with E-state index in [-0.39, 0.29) is 46.9 Å². The zero-order chi connectivity index (χ0) is 44.9. The lowest BCUT2D eigenvalue weighted by Crippen LogP contribution is -2.01. The van der Waals surface area contributed by atoms with Gasteiger partial charge in [0, 0.05) is 60.3 Å². The van der Waals surface area contributed by atoms with Crippen molar-refractivity contribution in [3.8, 4) is 62.1 Å². The van der Waals surface area contributed by atoms with Crippen LogP contribution in [0.2, 0.25) is 0 Å². The number of fused-ring (bicyclic) bond motifs is 9. The molecule has 0 bridgehead atoms. The Kier molecular flexibility index (Phi) is 6.94. The van der Waals surface area contributed by atoms with Crippen LogP contribution in [-0.4, -0.2) is 19.5 Å². The summed E-state index contributed by atoms with van der Waals surface area (Å²) in [5.74, 6) is 0.528. The lowest BCUT2D eigenvalue weighted by molar-refractivity contribution is 0.670. The van der Waals surface area contributed by atoms with E-state index in [0.717, 1.165) is 60.2 Å². The molecule has 294 valence electrons. The van der Waals surface area contributed by atoms with Crippen LogP contribution >= 0.6 is 0 Å². The van der Waals surface area contributed by atoms with E-state index in [1.165, 1.54) is 0 Å². The van der Waals surface area contributed by atoms with Gasteiger partial charge in [0.2, 0.25) is 0 Å². The second-order valence-electron chi connectivity index (χ2n) is 15.6. The fraction of sp³-hybridized carbons (Fsp3) is 0. The van der Waals surface area contributed by atoms with Crippen LogP contribution in [0.4, 0.5) is 0 Å². The molecule has 4 heterocycles. The lowest BCUT2D eigenvalue weighted by Gasteiger charge is -2.13. The minimum atomic E-state index is -0.291. The Balaban J connectivity index is 1.10. The van der Waals surface area contributed by atoms with E-state index in [1.807, 2.05) is 109 Å². The van der Waals surface area contributed by atoms with Gasteiger partial charge in [-0.05, 0) is 41.5 Å². The summed E-state index contributed by atoms with van der Waals surface area (Å²) < 4.78 is 53.7. The summed E-state index contributed by atoms with van der Waals surface area (Å²) in [4.78, 5) is 15.2. The van der Waals surface area contributed by atoms with Crippen molar-refractivity contribution in [2.45, 2.75) is 0 Å². The van der Waals surface area contributed by atoms with Crippen LogP contribution in [0.1, 0.15) is 5.48 Å². The van der Waals surface area contributed by atoms with E-state index in [9.17, 15) is 5.48 Å². The Hall–Kier alpha value is -8.61. The van der Waals surface area contributed by atoms with E-state index in [0.29, 0.717) is 44.8 Å². The molecule has 6 heteroatoms. The van der Waals surface area contributed by atoms with E-state index in [4.69, 9.17) is 23.8 Å². The highest BCUT2D eigenvalue weighted by molar-refractivity contribution is 6.15. The van der Waals surface area contributed by atoms with Crippen LogP contribution < -0.4 is 0 Å². The van der Waals surface area contributed by atoms with Crippen LogP contribution in [0.3, 0.4) is 0 Å². The first-order valence-corrected chi connectivity index (χ1v) is 20.8. The highest BCUT2D eigenvalue weighted by atomic mass is 16.3. The molecule has 13 aromatic rings. The maximum absolute atomic E-state index is 9.57. The highest BCUT2D eigenvalue weighted by Gasteiger charge is 2.23. The second-order valence-corrected chi connectivity index (χ2v) is 15.6. The highest BCUT2D eigenvalue weighted by Crippen LogP contribution is 2.43. The number of furan rings is 2. The summed E-state index contributed by atoms with van der Waals surface area (Å²) in [5.41, 5.74) is 9.02. The number of rotatable bonds is 6. The molecule has 0 unspecified atom stereocenters. The molecule has 0 saturated carbocycles. The molecule has 63 heavy (non-hydrogen) atoms.